The lowest BCUT2D eigenvalue weighted by Gasteiger charge is -2.29. The summed E-state index contributed by atoms with van der Waals surface area (Å²) in [6.45, 7) is 4.66. The highest BCUT2D eigenvalue weighted by Gasteiger charge is 2.35. The number of aromatic nitrogens is 3. The van der Waals surface area contributed by atoms with Crippen LogP contribution in [0.15, 0.2) is 47.5 Å². The fourth-order valence-corrected chi connectivity index (χ4v) is 4.38. The lowest BCUT2D eigenvalue weighted by atomic mass is 10.0. The molecule has 2 aliphatic heterocycles. The van der Waals surface area contributed by atoms with E-state index in [1.165, 1.54) is 30.3 Å². The Hall–Kier alpha value is -3.60. The van der Waals surface area contributed by atoms with Gasteiger partial charge < -0.3 is 15.5 Å². The summed E-state index contributed by atoms with van der Waals surface area (Å²) in [6, 6.07) is 9.46. The van der Waals surface area contributed by atoms with Gasteiger partial charge in [0.1, 0.15) is 11.7 Å². The van der Waals surface area contributed by atoms with Crippen molar-refractivity contribution in [3.8, 4) is 11.4 Å². The Morgan fingerprint density at radius 2 is 1.83 bits per heavy atom. The number of amidine groups is 1. The van der Waals surface area contributed by atoms with Crippen LogP contribution >= 0.6 is 0 Å². The highest BCUT2D eigenvalue weighted by molar-refractivity contribution is 6.11. The molecule has 0 spiro atoms. The van der Waals surface area contributed by atoms with Crippen LogP contribution < -0.4 is 15.5 Å². The molecular weight excluding hydrogens is 462 g/mol. The van der Waals surface area contributed by atoms with Crippen molar-refractivity contribution >= 4 is 17.5 Å². The second-order valence-corrected chi connectivity index (χ2v) is 8.35. The normalized spacial score (nSPS) is 17.8. The number of hydrogen-bond donors (Lipinski definition) is 2. The molecule has 2 aliphatic rings. The smallest absolute Gasteiger partial charge is 0.349 e. The molecule has 3 aromatic rings. The molecule has 1 fully saturated rings. The van der Waals surface area contributed by atoms with E-state index in [2.05, 4.69) is 25.8 Å². The summed E-state index contributed by atoms with van der Waals surface area (Å²) < 4.78 is 55.0. The number of aliphatic imine (C=N–C) groups is 1. The maximum absolute atomic E-state index is 14.1. The van der Waals surface area contributed by atoms with Crippen molar-refractivity contribution < 1.29 is 17.6 Å². The molecule has 182 valence electrons. The zero-order valence-electron chi connectivity index (χ0n) is 18.9. The molecule has 1 unspecified atom stereocenters. The summed E-state index contributed by atoms with van der Waals surface area (Å²) in [5.41, 5.74) is 0.455. The number of fused-ring (bicyclic) bond motifs is 1. The van der Waals surface area contributed by atoms with Gasteiger partial charge in [0, 0.05) is 37.3 Å². The SMILES string of the molecule is CCC1N=C(Nc2nc(-c3ccccc3C(F)(F)F)nnc2N2CCNCC2)c2cc(F)ccc21. The molecule has 2 N–H and O–H groups in total. The van der Waals surface area contributed by atoms with Gasteiger partial charge >= 0.3 is 6.18 Å². The summed E-state index contributed by atoms with van der Waals surface area (Å²) in [5, 5.41) is 14.7. The minimum Gasteiger partial charge on any atom is -0.349 e. The molecule has 7 nitrogen and oxygen atoms in total. The Bertz CT molecular complexity index is 1270. The van der Waals surface area contributed by atoms with Crippen LogP contribution in [0.5, 0.6) is 0 Å². The molecule has 1 aromatic heterocycles. The van der Waals surface area contributed by atoms with Crippen molar-refractivity contribution in [1.82, 2.24) is 20.5 Å². The third kappa shape index (κ3) is 4.55. The molecule has 0 aliphatic carbocycles. The van der Waals surface area contributed by atoms with Gasteiger partial charge in [-0.3, -0.25) is 4.99 Å². The first-order chi connectivity index (χ1) is 16.8. The summed E-state index contributed by atoms with van der Waals surface area (Å²) in [6.07, 6.45) is -3.87. The molecule has 0 bridgehead atoms. The Labute approximate surface area is 199 Å². The molecule has 5 rings (SSSR count). The van der Waals surface area contributed by atoms with Crippen molar-refractivity contribution in [2.45, 2.75) is 25.6 Å². The first kappa shape index (κ1) is 23.2. The Balaban J connectivity index is 1.60. The van der Waals surface area contributed by atoms with Gasteiger partial charge in [-0.25, -0.2) is 9.37 Å². The summed E-state index contributed by atoms with van der Waals surface area (Å²) in [7, 11) is 0. The van der Waals surface area contributed by atoms with Gasteiger partial charge in [0.25, 0.3) is 0 Å². The zero-order chi connectivity index (χ0) is 24.6. The van der Waals surface area contributed by atoms with E-state index in [0.29, 0.717) is 49.8 Å². The van der Waals surface area contributed by atoms with Crippen molar-refractivity contribution in [2.75, 3.05) is 36.4 Å². The fourth-order valence-electron chi connectivity index (χ4n) is 4.38. The predicted octanol–water partition coefficient (Wildman–Crippen LogP) is 4.43. The number of rotatable bonds is 4. The van der Waals surface area contributed by atoms with Crippen LogP contribution in [0.2, 0.25) is 0 Å². The highest BCUT2D eigenvalue weighted by atomic mass is 19.4. The average molecular weight is 485 g/mol. The van der Waals surface area contributed by atoms with Crippen LogP contribution in [0.25, 0.3) is 11.4 Å². The zero-order valence-corrected chi connectivity index (χ0v) is 18.9. The number of hydrogen-bond acceptors (Lipinski definition) is 7. The maximum atomic E-state index is 14.1. The number of piperazine rings is 1. The van der Waals surface area contributed by atoms with Crippen LogP contribution in [-0.2, 0) is 6.18 Å². The number of benzene rings is 2. The number of alkyl halides is 3. The minimum atomic E-state index is -4.58. The molecule has 2 aromatic carbocycles. The van der Waals surface area contributed by atoms with E-state index in [0.717, 1.165) is 11.6 Å². The van der Waals surface area contributed by atoms with E-state index < -0.39 is 17.6 Å². The van der Waals surface area contributed by atoms with E-state index in [9.17, 15) is 17.6 Å². The van der Waals surface area contributed by atoms with Crippen LogP contribution in [-0.4, -0.2) is 47.2 Å². The molecule has 0 amide bonds. The Morgan fingerprint density at radius 1 is 1.06 bits per heavy atom. The van der Waals surface area contributed by atoms with Gasteiger partial charge in [-0.2, -0.15) is 13.2 Å². The van der Waals surface area contributed by atoms with Gasteiger partial charge in [-0.1, -0.05) is 31.2 Å². The summed E-state index contributed by atoms with van der Waals surface area (Å²) in [4.78, 5) is 11.1. The van der Waals surface area contributed by atoms with Crippen molar-refractivity contribution in [3.05, 3.63) is 65.0 Å². The quantitative estimate of drug-likeness (QED) is 0.533. The van der Waals surface area contributed by atoms with E-state index in [1.54, 1.807) is 6.07 Å². The summed E-state index contributed by atoms with van der Waals surface area (Å²) in [5.74, 6) is 0.459. The largest absolute Gasteiger partial charge is 0.417 e. The van der Waals surface area contributed by atoms with Crippen molar-refractivity contribution in [2.24, 2.45) is 4.99 Å². The predicted molar refractivity (Wildman–Crippen MR) is 125 cm³/mol. The number of anilines is 2. The molecule has 11 heteroatoms. The van der Waals surface area contributed by atoms with Crippen molar-refractivity contribution in [1.29, 1.82) is 0 Å². The first-order valence-corrected chi connectivity index (χ1v) is 11.4. The summed E-state index contributed by atoms with van der Waals surface area (Å²) >= 11 is 0. The van der Waals surface area contributed by atoms with Crippen LogP contribution in [0.1, 0.15) is 36.1 Å². The van der Waals surface area contributed by atoms with E-state index in [4.69, 9.17) is 4.99 Å². The van der Waals surface area contributed by atoms with Crippen LogP contribution in [0, 0.1) is 5.82 Å². The van der Waals surface area contributed by atoms with Crippen LogP contribution in [0.4, 0.5) is 29.2 Å². The monoisotopic (exact) mass is 485 g/mol. The van der Waals surface area contributed by atoms with E-state index >= 15 is 0 Å². The molecule has 0 radical (unpaired) electrons. The topological polar surface area (TPSA) is 78.3 Å². The molecular formula is C24H23F4N7. The number of nitrogens with one attached hydrogen (secondary N) is 2. The van der Waals surface area contributed by atoms with Crippen molar-refractivity contribution in [3.63, 3.8) is 0 Å². The fraction of sp³-hybridized carbons (Fsp3) is 0.333. The lowest BCUT2D eigenvalue weighted by Crippen LogP contribution is -2.44. The highest BCUT2D eigenvalue weighted by Crippen LogP contribution is 2.37. The first-order valence-electron chi connectivity index (χ1n) is 11.4. The Morgan fingerprint density at radius 3 is 2.57 bits per heavy atom. The second-order valence-electron chi connectivity index (χ2n) is 8.35. The van der Waals surface area contributed by atoms with Gasteiger partial charge in [0.05, 0.1) is 11.6 Å². The van der Waals surface area contributed by atoms with Crippen LogP contribution in [0.3, 0.4) is 0 Å². The standard InChI is InChI=1S/C24H23F4N7/c1-2-19-15-8-7-14(25)13-17(15)20(30-19)31-22-23(35-11-9-29-10-12-35)34-33-21(32-22)16-5-3-4-6-18(16)24(26,27)28/h3-8,13,19,29H,2,9-12H2,1H3,(H,30,31,32,33). The third-order valence-corrected chi connectivity index (χ3v) is 6.10. The second kappa shape index (κ2) is 9.21. The average Bonchev–Trinajstić information content (AvgIpc) is 3.20. The number of halogens is 4. The van der Waals surface area contributed by atoms with Gasteiger partial charge in [-0.05, 0) is 30.2 Å². The van der Waals surface area contributed by atoms with E-state index in [-0.39, 0.29) is 23.2 Å². The Kier molecular flexibility index (Phi) is 6.10. The minimum absolute atomic E-state index is 0.157. The van der Waals surface area contributed by atoms with Gasteiger partial charge in [0.15, 0.2) is 17.5 Å². The molecule has 0 saturated carbocycles. The van der Waals surface area contributed by atoms with E-state index in [1.807, 2.05) is 11.8 Å². The third-order valence-electron chi connectivity index (χ3n) is 6.10. The number of nitrogens with zero attached hydrogens (tertiary/aromatic N) is 5. The van der Waals surface area contributed by atoms with Gasteiger partial charge in [0.2, 0.25) is 0 Å². The maximum Gasteiger partial charge on any atom is 0.417 e. The molecule has 1 atom stereocenters. The molecule has 35 heavy (non-hydrogen) atoms. The molecule has 3 heterocycles. The van der Waals surface area contributed by atoms with Gasteiger partial charge in [-0.15, -0.1) is 10.2 Å². The lowest BCUT2D eigenvalue weighted by molar-refractivity contribution is -0.137. The molecule has 1 saturated heterocycles.